The number of aromatic nitrogens is 10. The Balaban J connectivity index is 0.000000253. The van der Waals surface area contributed by atoms with Crippen molar-refractivity contribution in [2.24, 2.45) is 20.0 Å². The fraction of sp³-hybridized carbons (Fsp3) is 0.217. The van der Waals surface area contributed by atoms with Crippen LogP contribution in [0.5, 0.6) is 0 Å². The van der Waals surface area contributed by atoms with Gasteiger partial charge in [0.15, 0.2) is 5.65 Å². The number of amides is 1. The van der Waals surface area contributed by atoms with E-state index < -0.39 is 11.2 Å². The number of carbonyl (C=O) groups is 1. The minimum atomic E-state index is -0.414. The van der Waals surface area contributed by atoms with Crippen molar-refractivity contribution >= 4 is 38.8 Å². The summed E-state index contributed by atoms with van der Waals surface area (Å²) in [7, 11) is 11.3. The number of hydrogen-bond donors (Lipinski definition) is 2. The van der Waals surface area contributed by atoms with E-state index in [9.17, 15) is 14.4 Å². The summed E-state index contributed by atoms with van der Waals surface area (Å²) in [6, 6.07) is 31.1. The number of nitrogens with one attached hydrogen (secondary N) is 2. The molecular formula is C46H47Cl2N11O3Ru. The smallest absolute Gasteiger partial charge is 0.332 e. The van der Waals surface area contributed by atoms with Crippen LogP contribution in [0.25, 0.3) is 45.3 Å². The Labute approximate surface area is 387 Å². The summed E-state index contributed by atoms with van der Waals surface area (Å²) in [6.07, 6.45) is 12.7. The molecule has 8 heterocycles. The number of imidazole rings is 1. The van der Waals surface area contributed by atoms with E-state index in [-0.39, 0.29) is 44.6 Å². The normalized spacial score (nSPS) is 13.2. The van der Waals surface area contributed by atoms with Crippen molar-refractivity contribution in [1.29, 1.82) is 0 Å². The number of fused-ring (bicyclic) bond motifs is 1. The van der Waals surface area contributed by atoms with Gasteiger partial charge in [-0.15, -0.1) is 0 Å². The molecule has 0 radical (unpaired) electrons. The maximum absolute atomic E-state index is 12.7. The molecular weight excluding hydrogens is 927 g/mol. The SMILES string of the molecule is C.Cc1ccnc(-c2cc(C3CC3C(=O)NCCCc3nc4c([nH]3)c(=O)n(C)c(=O)n4C)ccn2)c1.ClCl.[Ru].c1ccc(-c2ccccn2)nc1.c1ccc(-c2ccccn2)nc1. The van der Waals surface area contributed by atoms with Gasteiger partial charge in [0.1, 0.15) is 11.3 Å². The van der Waals surface area contributed by atoms with Crippen LogP contribution in [-0.4, -0.2) is 61.5 Å². The average molecular weight is 974 g/mol. The van der Waals surface area contributed by atoms with Crippen molar-refractivity contribution in [2.75, 3.05) is 6.54 Å². The molecule has 2 unspecified atom stereocenters. The van der Waals surface area contributed by atoms with E-state index in [1.54, 1.807) is 44.2 Å². The molecule has 2 atom stereocenters. The van der Waals surface area contributed by atoms with Gasteiger partial charge in [-0.2, -0.15) is 0 Å². The van der Waals surface area contributed by atoms with Gasteiger partial charge in [0.2, 0.25) is 5.91 Å². The van der Waals surface area contributed by atoms with Crippen molar-refractivity contribution in [3.8, 4) is 34.2 Å². The third kappa shape index (κ3) is 13.1. The average Bonchev–Trinajstić information content (AvgIpc) is 4.03. The Morgan fingerprint density at radius 3 is 1.68 bits per heavy atom. The van der Waals surface area contributed by atoms with Gasteiger partial charge in [0.25, 0.3) is 5.56 Å². The summed E-state index contributed by atoms with van der Waals surface area (Å²) in [5.41, 5.74) is 7.38. The molecule has 2 N–H and O–H groups in total. The predicted octanol–water partition coefficient (Wildman–Crippen LogP) is 7.88. The number of carbonyl (C=O) groups excluding carboxylic acids is 1. The number of hydrogen-bond acceptors (Lipinski definition) is 10. The van der Waals surface area contributed by atoms with Crippen LogP contribution in [0, 0.1) is 12.8 Å². The first kappa shape index (κ1) is 49.4. The van der Waals surface area contributed by atoms with Gasteiger partial charge in [0, 0.05) is 111 Å². The molecule has 1 amide bonds. The zero-order valence-corrected chi connectivity index (χ0v) is 37.3. The molecule has 1 aliphatic carbocycles. The van der Waals surface area contributed by atoms with Gasteiger partial charge in [0.05, 0.1) is 34.2 Å². The number of H-pyrrole nitrogens is 1. The topological polar surface area (TPSA) is 179 Å². The van der Waals surface area contributed by atoms with Gasteiger partial charge >= 0.3 is 5.69 Å². The van der Waals surface area contributed by atoms with Gasteiger partial charge in [-0.3, -0.25) is 48.6 Å². The van der Waals surface area contributed by atoms with E-state index >= 15 is 0 Å². The Morgan fingerprint density at radius 2 is 1.19 bits per heavy atom. The summed E-state index contributed by atoms with van der Waals surface area (Å²) < 4.78 is 2.41. The Morgan fingerprint density at radius 1 is 0.698 bits per heavy atom. The number of pyridine rings is 6. The van der Waals surface area contributed by atoms with Crippen LogP contribution in [0.2, 0.25) is 0 Å². The Hall–Kier alpha value is -6.28. The van der Waals surface area contributed by atoms with Crippen molar-refractivity contribution in [2.45, 2.75) is 39.5 Å². The van der Waals surface area contributed by atoms with Crippen LogP contribution in [0.1, 0.15) is 43.1 Å². The van der Waals surface area contributed by atoms with Crippen LogP contribution >= 0.6 is 21.7 Å². The Bertz CT molecular complexity index is 2630. The zero-order valence-electron chi connectivity index (χ0n) is 34.0. The molecule has 63 heavy (non-hydrogen) atoms. The standard InChI is InChI=1S/C25H27N7O3.2C10H8N2.CH4.Cl2.Ru/c1-14-6-9-26-18(11-14)19-12-15(7-10-27-19)16-13-17(16)23(33)28-8-4-5-20-29-21-22(30-20)31(2)25(35)32(3)24(21)34;2*1-3-7-11-9(5-1)10-6-2-4-8-12-10;;1-2;/h6-7,9-12,16-17H,4-5,8,13H2,1-3H3,(H,28,33)(H,29,30);2*1-8H;1H4;;. The summed E-state index contributed by atoms with van der Waals surface area (Å²) >= 11 is 0. The molecule has 0 aliphatic heterocycles. The van der Waals surface area contributed by atoms with E-state index in [0.717, 1.165) is 56.3 Å². The molecule has 0 saturated heterocycles. The predicted molar refractivity (Wildman–Crippen MR) is 244 cm³/mol. The first-order valence-electron chi connectivity index (χ1n) is 19.4. The van der Waals surface area contributed by atoms with Crippen LogP contribution in [0.3, 0.4) is 0 Å². The van der Waals surface area contributed by atoms with Crippen LogP contribution in [-0.2, 0) is 44.8 Å². The molecule has 1 saturated carbocycles. The molecule has 17 heteroatoms. The number of halogens is 2. The third-order valence-electron chi connectivity index (χ3n) is 9.74. The molecule has 326 valence electrons. The quantitative estimate of drug-likeness (QED) is 0.107. The molecule has 0 aromatic carbocycles. The number of rotatable bonds is 9. The minimum absolute atomic E-state index is 0. The van der Waals surface area contributed by atoms with Gasteiger partial charge in [-0.1, -0.05) is 31.7 Å². The summed E-state index contributed by atoms with van der Waals surface area (Å²) in [5, 5.41) is 3.01. The van der Waals surface area contributed by atoms with Crippen LogP contribution in [0.4, 0.5) is 0 Å². The molecule has 9 rings (SSSR count). The van der Waals surface area contributed by atoms with Crippen molar-refractivity contribution in [3.63, 3.8) is 0 Å². The minimum Gasteiger partial charge on any atom is -0.356 e. The summed E-state index contributed by atoms with van der Waals surface area (Å²) in [5.74, 6) is 0.808. The fourth-order valence-corrected chi connectivity index (χ4v) is 6.49. The van der Waals surface area contributed by atoms with Crippen LogP contribution in [0.15, 0.2) is 144 Å². The molecule has 0 spiro atoms. The molecule has 1 aliphatic rings. The van der Waals surface area contributed by atoms with Crippen LogP contribution < -0.4 is 16.6 Å². The number of nitrogens with zero attached hydrogens (tertiary/aromatic N) is 9. The van der Waals surface area contributed by atoms with E-state index in [1.165, 1.54) is 11.6 Å². The molecule has 8 aromatic heterocycles. The molecule has 0 bridgehead atoms. The van der Waals surface area contributed by atoms with Crippen molar-refractivity contribution in [1.82, 2.24) is 54.3 Å². The van der Waals surface area contributed by atoms with E-state index in [2.05, 4.69) is 66.9 Å². The second-order valence-corrected chi connectivity index (χ2v) is 14.0. The first-order chi connectivity index (χ1) is 29.8. The number of aromatic amines is 1. The zero-order chi connectivity index (χ0) is 43.1. The van der Waals surface area contributed by atoms with Crippen molar-refractivity contribution in [3.05, 3.63) is 172 Å². The summed E-state index contributed by atoms with van der Waals surface area (Å²) in [6.45, 7) is 2.53. The molecule has 1 fully saturated rings. The second-order valence-electron chi connectivity index (χ2n) is 14.0. The van der Waals surface area contributed by atoms with Gasteiger partial charge in [-0.25, -0.2) is 9.78 Å². The van der Waals surface area contributed by atoms with Gasteiger partial charge in [-0.05, 0) is 110 Å². The van der Waals surface area contributed by atoms with Gasteiger partial charge < -0.3 is 10.3 Å². The van der Waals surface area contributed by atoms with E-state index in [4.69, 9.17) is 0 Å². The third-order valence-corrected chi connectivity index (χ3v) is 9.74. The maximum atomic E-state index is 12.7. The largest absolute Gasteiger partial charge is 0.356 e. The first-order valence-corrected chi connectivity index (χ1v) is 20.5. The molecule has 14 nitrogen and oxygen atoms in total. The molecule has 8 aromatic rings. The second kappa shape index (κ2) is 24.4. The number of aryl methyl sites for hydroxylation is 3. The maximum Gasteiger partial charge on any atom is 0.332 e. The monoisotopic (exact) mass is 973 g/mol. The summed E-state index contributed by atoms with van der Waals surface area (Å²) in [4.78, 5) is 70.0. The van der Waals surface area contributed by atoms with E-state index in [1.807, 2.05) is 104 Å². The van der Waals surface area contributed by atoms with E-state index in [0.29, 0.717) is 36.4 Å². The van der Waals surface area contributed by atoms with Crippen molar-refractivity contribution < 1.29 is 24.3 Å². The Kier molecular flexibility index (Phi) is 19.1. The fourth-order valence-electron chi connectivity index (χ4n) is 6.49.